The maximum Gasteiger partial charge on any atom is 0.410 e. The minimum Gasteiger partial charge on any atom is -0.481 e. The van der Waals surface area contributed by atoms with E-state index in [2.05, 4.69) is 20.1 Å². The first-order valence-corrected chi connectivity index (χ1v) is 14.3. The molecule has 0 aliphatic rings. The second kappa shape index (κ2) is 25.9. The van der Waals surface area contributed by atoms with Crippen LogP contribution in [-0.2, 0) is 46.5 Å². The lowest BCUT2D eigenvalue weighted by atomic mass is 10.2. The second-order valence-electron chi connectivity index (χ2n) is 9.96. The lowest BCUT2D eigenvalue weighted by Gasteiger charge is -2.23. The lowest BCUT2D eigenvalue weighted by Crippen LogP contribution is -2.37. The Labute approximate surface area is 277 Å². The molecular weight excluding hydrogens is 622 g/mol. The number of alkyl carbamates (subject to hydrolysis) is 1. The number of rotatable bonds is 13. The molecule has 3 N–H and O–H groups in total. The molecule has 0 spiro atoms. The molecule has 0 radical (unpaired) electrons. The Hall–Kier alpha value is -4.36. The first kappa shape index (κ1) is 43.8. The molecule has 2 aromatic rings. The number of carbonyl (C=O) groups excluding carboxylic acids is 4. The average Bonchev–Trinajstić information content (AvgIpc) is 3.03. The number of esters is 2. The topological polar surface area (TPSA) is 170 Å². The Bertz CT molecular complexity index is 1160. The van der Waals surface area contributed by atoms with Crippen molar-refractivity contribution in [2.45, 2.75) is 71.4 Å². The van der Waals surface area contributed by atoms with Gasteiger partial charge < -0.3 is 39.6 Å². The van der Waals surface area contributed by atoms with Gasteiger partial charge in [-0.15, -0.1) is 12.4 Å². The average molecular weight is 670 g/mol. The van der Waals surface area contributed by atoms with E-state index in [1.54, 1.807) is 20.9 Å². The van der Waals surface area contributed by atoms with E-state index in [0.717, 1.165) is 11.1 Å². The van der Waals surface area contributed by atoms with E-state index >= 15 is 0 Å². The van der Waals surface area contributed by atoms with Crippen LogP contribution >= 0.6 is 12.4 Å². The summed E-state index contributed by atoms with van der Waals surface area (Å²) in [5.74, 6) is -1.48. The van der Waals surface area contributed by atoms with Crippen molar-refractivity contribution >= 4 is 42.5 Å². The first-order chi connectivity index (χ1) is 21.3. The highest BCUT2D eigenvalue weighted by atomic mass is 35.5. The molecule has 14 heteroatoms. The largest absolute Gasteiger partial charge is 0.481 e. The monoisotopic (exact) mass is 669 g/mol. The van der Waals surface area contributed by atoms with Gasteiger partial charge in [-0.25, -0.2) is 9.59 Å². The van der Waals surface area contributed by atoms with Crippen molar-refractivity contribution in [3.8, 4) is 0 Å². The fourth-order valence-electron chi connectivity index (χ4n) is 3.18. The van der Waals surface area contributed by atoms with E-state index in [4.69, 9.17) is 14.6 Å². The van der Waals surface area contributed by atoms with Gasteiger partial charge in [0.2, 0.25) is 0 Å². The van der Waals surface area contributed by atoms with Gasteiger partial charge in [-0.1, -0.05) is 60.7 Å². The zero-order valence-corrected chi connectivity index (χ0v) is 28.3. The third kappa shape index (κ3) is 22.2. The fraction of sp³-hybridized carbons (Fsp3) is 0.469. The number of methoxy groups -OCH3 is 2. The summed E-state index contributed by atoms with van der Waals surface area (Å²) in [5, 5.41) is 13.9. The minimum atomic E-state index is -0.958. The van der Waals surface area contributed by atoms with Crippen molar-refractivity contribution in [3.05, 3.63) is 71.8 Å². The Balaban J connectivity index is 0. The minimum absolute atomic E-state index is 0. The zero-order chi connectivity index (χ0) is 34.2. The number of halogens is 1. The van der Waals surface area contributed by atoms with Gasteiger partial charge >= 0.3 is 30.1 Å². The number of benzene rings is 2. The van der Waals surface area contributed by atoms with Crippen LogP contribution in [0.2, 0.25) is 0 Å². The van der Waals surface area contributed by atoms with Gasteiger partial charge in [0.05, 0.1) is 33.5 Å². The van der Waals surface area contributed by atoms with E-state index in [0.29, 0.717) is 6.42 Å². The number of carboxylic acids is 1. The first-order valence-electron chi connectivity index (χ1n) is 14.3. The summed E-state index contributed by atoms with van der Waals surface area (Å²) in [7, 11) is 6.13. The van der Waals surface area contributed by atoms with Gasteiger partial charge in [-0.3, -0.25) is 14.4 Å². The number of ether oxygens (including phenoxy) is 4. The molecule has 13 nitrogen and oxygen atoms in total. The van der Waals surface area contributed by atoms with Crippen molar-refractivity contribution in [2.24, 2.45) is 0 Å². The quantitative estimate of drug-likeness (QED) is 0.202. The molecule has 46 heavy (non-hydrogen) atoms. The lowest BCUT2D eigenvalue weighted by molar-refractivity contribution is -0.142. The Kier molecular flexibility index (Phi) is 24.7. The Morgan fingerprint density at radius 3 is 1.63 bits per heavy atom. The number of carboxylic acid groups (broad SMARTS) is 1. The molecule has 2 rings (SSSR count). The number of hydrogen-bond acceptors (Lipinski definition) is 10. The number of hydrogen-bond donors (Lipinski definition) is 3. The summed E-state index contributed by atoms with van der Waals surface area (Å²) in [6.07, 6.45) is -0.608. The van der Waals surface area contributed by atoms with Crippen molar-refractivity contribution in [2.75, 3.05) is 28.3 Å². The fourth-order valence-corrected chi connectivity index (χ4v) is 3.18. The van der Waals surface area contributed by atoms with Gasteiger partial charge in [0.15, 0.2) is 0 Å². The molecule has 0 aromatic heterocycles. The van der Waals surface area contributed by atoms with E-state index in [1.807, 2.05) is 74.6 Å². The summed E-state index contributed by atoms with van der Waals surface area (Å²) < 4.78 is 19.1. The number of nitrogens with one attached hydrogen (secondary N) is 2. The summed E-state index contributed by atoms with van der Waals surface area (Å²) in [4.78, 5) is 56.5. The van der Waals surface area contributed by atoms with Gasteiger partial charge in [-0.2, -0.15) is 0 Å². The van der Waals surface area contributed by atoms with E-state index in [-0.39, 0.29) is 62.5 Å². The van der Waals surface area contributed by atoms with Gasteiger partial charge in [-0.05, 0) is 38.9 Å². The zero-order valence-electron chi connectivity index (χ0n) is 27.5. The highest BCUT2D eigenvalue weighted by Gasteiger charge is 2.20. The second-order valence-corrected chi connectivity index (χ2v) is 9.96. The van der Waals surface area contributed by atoms with Gasteiger partial charge in [0, 0.05) is 25.2 Å². The van der Waals surface area contributed by atoms with E-state index < -0.39 is 24.2 Å². The van der Waals surface area contributed by atoms with Crippen LogP contribution in [0.3, 0.4) is 0 Å². The SMILES string of the molecule is CN[C@H](C)CC(=O)OC.COC(=O)C[C@@H](C)N(C)C(=O)OCc1ccccc1.C[C@H](CC(=O)O)NC(=O)OCc1ccccc1.Cl. The van der Waals surface area contributed by atoms with Crippen LogP contribution in [0, 0.1) is 0 Å². The van der Waals surface area contributed by atoms with Crippen LogP contribution in [0.25, 0.3) is 0 Å². The highest BCUT2D eigenvalue weighted by molar-refractivity contribution is 5.85. The van der Waals surface area contributed by atoms with Crippen LogP contribution in [0.4, 0.5) is 9.59 Å². The van der Waals surface area contributed by atoms with E-state index in [9.17, 15) is 24.0 Å². The third-order valence-corrected chi connectivity index (χ3v) is 6.10. The van der Waals surface area contributed by atoms with Crippen LogP contribution in [0.1, 0.15) is 51.2 Å². The smallest absolute Gasteiger partial charge is 0.410 e. The number of nitrogens with zero attached hydrogens (tertiary/aromatic N) is 1. The molecule has 2 aromatic carbocycles. The number of amides is 2. The maximum absolute atomic E-state index is 11.8. The van der Waals surface area contributed by atoms with Crippen molar-refractivity contribution < 1.29 is 48.0 Å². The van der Waals surface area contributed by atoms with Crippen molar-refractivity contribution in [1.29, 1.82) is 0 Å². The van der Waals surface area contributed by atoms with Crippen LogP contribution in [0.5, 0.6) is 0 Å². The standard InChI is InChI=1S/C14H19NO4.C12H15NO4.C6H13NO2.ClH/c1-11(9-13(16)18-3)15(2)14(17)19-10-12-7-5-4-6-8-12;1-9(7-11(14)15)13-12(16)17-8-10-5-3-2-4-6-10;1-5(7-2)4-6(8)9-3;/h4-8,11H,9-10H2,1-3H3;2-6,9H,7-8H2,1H3,(H,13,16)(H,14,15);5,7H,4H2,1-3H3;1H/t11-;9-;5-;/m111./s1. The maximum atomic E-state index is 11.8. The van der Waals surface area contributed by atoms with Gasteiger partial charge in [0.1, 0.15) is 13.2 Å². The molecule has 0 aliphatic heterocycles. The molecule has 0 saturated carbocycles. The number of aliphatic carboxylic acids is 1. The molecular formula is C32H48ClN3O10. The van der Waals surface area contributed by atoms with Crippen LogP contribution < -0.4 is 10.6 Å². The van der Waals surface area contributed by atoms with Crippen molar-refractivity contribution in [3.63, 3.8) is 0 Å². The Morgan fingerprint density at radius 2 is 1.20 bits per heavy atom. The number of carbonyl (C=O) groups is 5. The molecule has 0 saturated heterocycles. The normalized spacial score (nSPS) is 11.5. The third-order valence-electron chi connectivity index (χ3n) is 6.10. The summed E-state index contributed by atoms with van der Waals surface area (Å²) in [6.45, 7) is 5.69. The van der Waals surface area contributed by atoms with E-state index in [1.165, 1.54) is 19.1 Å². The van der Waals surface area contributed by atoms with Gasteiger partial charge in [0.25, 0.3) is 0 Å². The highest BCUT2D eigenvalue weighted by Crippen LogP contribution is 2.07. The predicted molar refractivity (Wildman–Crippen MR) is 174 cm³/mol. The summed E-state index contributed by atoms with van der Waals surface area (Å²) in [5.41, 5.74) is 1.80. The molecule has 0 aliphatic carbocycles. The molecule has 2 amide bonds. The Morgan fingerprint density at radius 1 is 0.739 bits per heavy atom. The molecule has 0 unspecified atom stereocenters. The molecule has 0 heterocycles. The van der Waals surface area contributed by atoms with Crippen LogP contribution in [-0.4, -0.2) is 86.5 Å². The predicted octanol–water partition coefficient (Wildman–Crippen LogP) is 4.56. The van der Waals surface area contributed by atoms with Crippen LogP contribution in [0.15, 0.2) is 60.7 Å². The molecule has 0 bridgehead atoms. The molecule has 3 atom stereocenters. The summed E-state index contributed by atoms with van der Waals surface area (Å²) >= 11 is 0. The molecule has 0 fully saturated rings. The summed E-state index contributed by atoms with van der Waals surface area (Å²) in [6, 6.07) is 18.2. The van der Waals surface area contributed by atoms with Crippen molar-refractivity contribution in [1.82, 2.24) is 15.5 Å². The molecule has 258 valence electrons.